The number of benzene rings is 1. The van der Waals surface area contributed by atoms with Crippen LogP contribution >= 0.6 is 15.9 Å². The van der Waals surface area contributed by atoms with Crippen LogP contribution in [0.1, 0.15) is 5.56 Å². The van der Waals surface area contributed by atoms with E-state index in [1.165, 1.54) is 0 Å². The summed E-state index contributed by atoms with van der Waals surface area (Å²) >= 11 is 3.36. The topological polar surface area (TPSA) is 44.6 Å². The van der Waals surface area contributed by atoms with E-state index in [-0.39, 0.29) is 6.54 Å². The molecule has 3 nitrogen and oxygen atoms in total. The third-order valence-corrected chi connectivity index (χ3v) is 2.72. The second-order valence-corrected chi connectivity index (χ2v) is 4.51. The number of rotatable bonds is 6. The van der Waals surface area contributed by atoms with E-state index < -0.39 is 5.97 Å². The van der Waals surface area contributed by atoms with Gasteiger partial charge in [0, 0.05) is 10.0 Å². The molecule has 0 saturated heterocycles. The number of hydrogen-bond donors (Lipinski definition) is 1. The zero-order chi connectivity index (χ0) is 12.0. The molecule has 1 N–H and O–H groups in total. The van der Waals surface area contributed by atoms with Crippen molar-refractivity contribution < 1.29 is 14.8 Å². The first-order valence-corrected chi connectivity index (χ1v) is 5.80. The molecule has 1 atom stereocenters. The molecule has 0 bridgehead atoms. The maximum atomic E-state index is 10.6. The van der Waals surface area contributed by atoms with Gasteiger partial charge in [0.1, 0.15) is 13.1 Å². The second-order valence-electron chi connectivity index (χ2n) is 3.59. The van der Waals surface area contributed by atoms with Gasteiger partial charge in [-0.3, -0.25) is 0 Å². The van der Waals surface area contributed by atoms with Crippen LogP contribution in [0.2, 0.25) is 0 Å². The summed E-state index contributed by atoms with van der Waals surface area (Å²) in [6, 6.07) is 7.84. The normalized spacial score (nSPS) is 12.1. The number of nitrogens with one attached hydrogen (secondary N) is 1. The van der Waals surface area contributed by atoms with E-state index in [9.17, 15) is 9.90 Å². The lowest BCUT2D eigenvalue weighted by molar-refractivity contribution is -0.902. The number of carbonyl (C=O) groups is 1. The highest BCUT2D eigenvalue weighted by Gasteiger charge is 2.07. The molecule has 0 aromatic heterocycles. The molecule has 0 amide bonds. The number of carboxylic acid groups (broad SMARTS) is 1. The third kappa shape index (κ3) is 4.59. The average Bonchev–Trinajstić information content (AvgIpc) is 2.21. The van der Waals surface area contributed by atoms with E-state index in [0.29, 0.717) is 13.1 Å². The third-order valence-electron chi connectivity index (χ3n) is 2.19. The van der Waals surface area contributed by atoms with Crippen molar-refractivity contribution in [2.24, 2.45) is 0 Å². The molecule has 1 unspecified atom stereocenters. The van der Waals surface area contributed by atoms with E-state index in [1.807, 2.05) is 24.3 Å². The molecule has 0 spiro atoms. The smallest absolute Gasteiger partial charge is 0.118 e. The maximum Gasteiger partial charge on any atom is 0.118 e. The summed E-state index contributed by atoms with van der Waals surface area (Å²) in [5.41, 5.74) is 1.10. The Hall–Kier alpha value is -1.13. The van der Waals surface area contributed by atoms with Gasteiger partial charge in [-0.15, -0.1) is 0 Å². The SMILES string of the molecule is C=CC[NH+](CC(=O)[O-])Cc1ccc(Br)cc1. The summed E-state index contributed by atoms with van der Waals surface area (Å²) in [5.74, 6) is -1.03. The zero-order valence-electron chi connectivity index (χ0n) is 8.91. The lowest BCUT2D eigenvalue weighted by atomic mass is 10.2. The van der Waals surface area contributed by atoms with Crippen molar-refractivity contribution in [1.82, 2.24) is 0 Å². The van der Waals surface area contributed by atoms with Crippen molar-refractivity contribution in [2.75, 3.05) is 13.1 Å². The number of quaternary nitrogens is 1. The summed E-state index contributed by atoms with van der Waals surface area (Å²) in [7, 11) is 0. The second kappa shape index (κ2) is 6.45. The van der Waals surface area contributed by atoms with Gasteiger partial charge in [0.15, 0.2) is 0 Å². The quantitative estimate of drug-likeness (QED) is 0.733. The van der Waals surface area contributed by atoms with Crippen LogP contribution in [0.3, 0.4) is 0 Å². The Morgan fingerprint density at radius 2 is 2.06 bits per heavy atom. The van der Waals surface area contributed by atoms with Crippen LogP contribution in [0.25, 0.3) is 0 Å². The molecule has 0 aliphatic carbocycles. The Bertz CT molecular complexity index is 362. The van der Waals surface area contributed by atoms with Crippen LogP contribution in [0.15, 0.2) is 41.4 Å². The number of carbonyl (C=O) groups excluding carboxylic acids is 1. The molecule has 4 heteroatoms. The summed E-state index contributed by atoms with van der Waals surface area (Å²) in [5, 5.41) is 10.6. The van der Waals surface area contributed by atoms with Gasteiger partial charge in [0.2, 0.25) is 0 Å². The predicted octanol–water partition coefficient (Wildman–Crippen LogP) is -0.230. The van der Waals surface area contributed by atoms with Gasteiger partial charge in [0.25, 0.3) is 0 Å². The van der Waals surface area contributed by atoms with Crippen LogP contribution < -0.4 is 10.0 Å². The molecule has 1 aromatic rings. The molecule has 1 aromatic carbocycles. The van der Waals surface area contributed by atoms with Crippen molar-refractivity contribution in [3.05, 3.63) is 47.0 Å². The monoisotopic (exact) mass is 283 g/mol. The van der Waals surface area contributed by atoms with E-state index in [4.69, 9.17) is 0 Å². The first kappa shape index (κ1) is 12.9. The summed E-state index contributed by atoms with van der Waals surface area (Å²) in [6.07, 6.45) is 1.72. The average molecular weight is 284 g/mol. The number of halogens is 1. The number of aliphatic carboxylic acids is 1. The Morgan fingerprint density at radius 1 is 1.44 bits per heavy atom. The fourth-order valence-corrected chi connectivity index (χ4v) is 1.77. The van der Waals surface area contributed by atoms with Crippen molar-refractivity contribution >= 4 is 21.9 Å². The molecule has 0 radical (unpaired) electrons. The van der Waals surface area contributed by atoms with Crippen LogP contribution in [-0.4, -0.2) is 19.1 Å². The lowest BCUT2D eigenvalue weighted by Gasteiger charge is -2.18. The summed E-state index contributed by atoms with van der Waals surface area (Å²) < 4.78 is 1.02. The Kier molecular flexibility index (Phi) is 5.22. The van der Waals surface area contributed by atoms with Gasteiger partial charge in [-0.25, -0.2) is 0 Å². The summed E-state index contributed by atoms with van der Waals surface area (Å²) in [6.45, 7) is 4.90. The van der Waals surface area contributed by atoms with Gasteiger partial charge >= 0.3 is 0 Å². The molecular weight excluding hydrogens is 270 g/mol. The highest BCUT2D eigenvalue weighted by atomic mass is 79.9. The lowest BCUT2D eigenvalue weighted by Crippen LogP contribution is -3.11. The Balaban J connectivity index is 2.63. The zero-order valence-corrected chi connectivity index (χ0v) is 10.5. The molecule has 0 fully saturated rings. The highest BCUT2D eigenvalue weighted by Crippen LogP contribution is 2.09. The van der Waals surface area contributed by atoms with Crippen LogP contribution in [0.4, 0.5) is 0 Å². The summed E-state index contributed by atoms with van der Waals surface area (Å²) in [4.78, 5) is 11.5. The predicted molar refractivity (Wildman–Crippen MR) is 63.7 cm³/mol. The minimum atomic E-state index is -1.03. The van der Waals surface area contributed by atoms with Crippen LogP contribution in [-0.2, 0) is 11.3 Å². The first-order chi connectivity index (χ1) is 7.61. The Labute approximate surface area is 104 Å². The fourth-order valence-electron chi connectivity index (χ4n) is 1.51. The van der Waals surface area contributed by atoms with Crippen LogP contribution in [0.5, 0.6) is 0 Å². The number of carboxylic acids is 1. The van der Waals surface area contributed by atoms with Crippen molar-refractivity contribution in [3.63, 3.8) is 0 Å². The minimum absolute atomic E-state index is 0.00207. The van der Waals surface area contributed by atoms with Crippen molar-refractivity contribution in [1.29, 1.82) is 0 Å². The molecular formula is C12H14BrNO2. The van der Waals surface area contributed by atoms with Gasteiger partial charge in [-0.05, 0) is 18.2 Å². The largest absolute Gasteiger partial charge is 0.544 e. The fraction of sp³-hybridized carbons (Fsp3) is 0.250. The molecule has 1 rings (SSSR count). The van der Waals surface area contributed by atoms with Gasteiger partial charge in [-0.2, -0.15) is 0 Å². The molecule has 86 valence electrons. The maximum absolute atomic E-state index is 10.6. The standard InChI is InChI=1S/C12H14BrNO2/c1-2-7-14(9-12(15)16)8-10-3-5-11(13)6-4-10/h2-6H,1,7-9H2,(H,15,16). The van der Waals surface area contributed by atoms with E-state index in [0.717, 1.165) is 14.9 Å². The highest BCUT2D eigenvalue weighted by molar-refractivity contribution is 9.10. The van der Waals surface area contributed by atoms with Gasteiger partial charge < -0.3 is 14.8 Å². The van der Waals surface area contributed by atoms with Crippen LogP contribution in [0, 0.1) is 0 Å². The van der Waals surface area contributed by atoms with Crippen molar-refractivity contribution in [3.8, 4) is 0 Å². The molecule has 0 aliphatic rings. The molecule has 0 aliphatic heterocycles. The Morgan fingerprint density at radius 3 is 2.56 bits per heavy atom. The van der Waals surface area contributed by atoms with Gasteiger partial charge in [0.05, 0.1) is 12.5 Å². The van der Waals surface area contributed by atoms with E-state index in [1.54, 1.807) is 6.08 Å². The number of hydrogen-bond acceptors (Lipinski definition) is 2. The molecule has 0 saturated carbocycles. The molecule has 16 heavy (non-hydrogen) atoms. The van der Waals surface area contributed by atoms with Crippen molar-refractivity contribution in [2.45, 2.75) is 6.54 Å². The van der Waals surface area contributed by atoms with E-state index >= 15 is 0 Å². The molecule has 0 heterocycles. The van der Waals surface area contributed by atoms with Gasteiger partial charge in [-0.1, -0.05) is 34.6 Å². The minimum Gasteiger partial charge on any atom is -0.544 e. The first-order valence-electron chi connectivity index (χ1n) is 5.00. The van der Waals surface area contributed by atoms with E-state index in [2.05, 4.69) is 22.5 Å².